The first-order chi connectivity index (χ1) is 11.3. The molecule has 6 heteroatoms. The number of amidine groups is 1. The molecule has 0 fully saturated rings. The molecule has 0 aromatic carbocycles. The standard InChI is InChI=1S/C18H29ClN4O/c1-7-10-18(9-3,11-8-2)23-14(6)21-17(24)15-12(4)20-13(5)16(19)22-15/h7-11H2,1-6H3,(H,21,23,24). The van der Waals surface area contributed by atoms with E-state index in [1.807, 2.05) is 6.92 Å². The summed E-state index contributed by atoms with van der Waals surface area (Å²) in [5, 5.41) is 3.09. The molecule has 1 heterocycles. The van der Waals surface area contributed by atoms with Crippen LogP contribution in [0.4, 0.5) is 0 Å². The molecule has 1 N–H and O–H groups in total. The second-order valence-corrected chi connectivity index (χ2v) is 6.62. The fraction of sp³-hybridized carbons (Fsp3) is 0.667. The molecule has 0 aliphatic heterocycles. The molecule has 0 atom stereocenters. The average molecular weight is 353 g/mol. The van der Waals surface area contributed by atoms with Gasteiger partial charge in [0.05, 0.1) is 16.9 Å². The Hall–Kier alpha value is -1.49. The summed E-state index contributed by atoms with van der Waals surface area (Å²) in [7, 11) is 0. The summed E-state index contributed by atoms with van der Waals surface area (Å²) in [5.74, 6) is 0.294. The van der Waals surface area contributed by atoms with Crippen molar-refractivity contribution in [2.45, 2.75) is 79.2 Å². The van der Waals surface area contributed by atoms with E-state index in [1.54, 1.807) is 13.8 Å². The van der Waals surface area contributed by atoms with Crippen LogP contribution in [0.15, 0.2) is 4.99 Å². The summed E-state index contributed by atoms with van der Waals surface area (Å²) < 4.78 is 0. The number of hydrogen-bond acceptors (Lipinski definition) is 4. The van der Waals surface area contributed by atoms with Gasteiger partial charge in [-0.05, 0) is 40.0 Å². The average Bonchev–Trinajstić information content (AvgIpc) is 2.51. The number of hydrogen-bond donors (Lipinski definition) is 1. The molecule has 0 aliphatic carbocycles. The first kappa shape index (κ1) is 20.6. The molecule has 134 valence electrons. The number of aliphatic imine (C=N–C) groups is 1. The Bertz CT molecular complexity index is 607. The van der Waals surface area contributed by atoms with Gasteiger partial charge in [-0.2, -0.15) is 0 Å². The highest BCUT2D eigenvalue weighted by Gasteiger charge is 2.26. The number of nitrogens with zero attached hydrogens (tertiary/aromatic N) is 3. The van der Waals surface area contributed by atoms with Gasteiger partial charge in [0.2, 0.25) is 0 Å². The number of carbonyl (C=O) groups excluding carboxylic acids is 1. The minimum absolute atomic E-state index is 0.105. The summed E-state index contributed by atoms with van der Waals surface area (Å²) in [6.07, 6.45) is 5.12. The van der Waals surface area contributed by atoms with Crippen molar-refractivity contribution in [2.75, 3.05) is 0 Å². The fourth-order valence-electron chi connectivity index (χ4n) is 3.03. The van der Waals surface area contributed by atoms with Crippen LogP contribution in [-0.2, 0) is 0 Å². The summed E-state index contributed by atoms with van der Waals surface area (Å²) in [6.45, 7) is 11.8. The first-order valence-corrected chi connectivity index (χ1v) is 9.04. The van der Waals surface area contributed by atoms with Gasteiger partial charge >= 0.3 is 0 Å². The van der Waals surface area contributed by atoms with E-state index in [-0.39, 0.29) is 22.3 Å². The van der Waals surface area contributed by atoms with E-state index in [0.29, 0.717) is 17.2 Å². The number of nitrogens with one attached hydrogen (secondary N) is 1. The van der Waals surface area contributed by atoms with Crippen molar-refractivity contribution >= 4 is 23.3 Å². The van der Waals surface area contributed by atoms with Gasteiger partial charge in [-0.25, -0.2) is 4.98 Å². The van der Waals surface area contributed by atoms with E-state index in [4.69, 9.17) is 16.6 Å². The van der Waals surface area contributed by atoms with Gasteiger partial charge < -0.3 is 5.32 Å². The van der Waals surface area contributed by atoms with Gasteiger partial charge in [0.1, 0.15) is 5.84 Å². The summed E-state index contributed by atoms with van der Waals surface area (Å²) >= 11 is 5.99. The van der Waals surface area contributed by atoms with Crippen LogP contribution in [0.1, 0.15) is 81.7 Å². The Labute approximate surface area is 150 Å². The SMILES string of the molecule is CCCC(CC)(CCC)N=C(C)NC(=O)c1nc(Cl)c(C)nc1C. The lowest BCUT2D eigenvalue weighted by molar-refractivity contribution is 0.0970. The van der Waals surface area contributed by atoms with Crippen molar-refractivity contribution in [3.63, 3.8) is 0 Å². The van der Waals surface area contributed by atoms with E-state index in [9.17, 15) is 4.79 Å². The van der Waals surface area contributed by atoms with Crippen molar-refractivity contribution in [1.29, 1.82) is 0 Å². The van der Waals surface area contributed by atoms with Crippen LogP contribution in [-0.4, -0.2) is 27.2 Å². The number of rotatable bonds is 7. The molecule has 24 heavy (non-hydrogen) atoms. The Morgan fingerprint density at radius 2 is 1.71 bits per heavy atom. The number of aryl methyl sites for hydroxylation is 2. The smallest absolute Gasteiger partial charge is 0.277 e. The highest BCUT2D eigenvalue weighted by molar-refractivity contribution is 6.30. The zero-order valence-corrected chi connectivity index (χ0v) is 16.4. The quantitative estimate of drug-likeness (QED) is 0.574. The van der Waals surface area contributed by atoms with Crippen molar-refractivity contribution in [2.24, 2.45) is 4.99 Å². The van der Waals surface area contributed by atoms with Gasteiger partial charge in [0.25, 0.3) is 5.91 Å². The van der Waals surface area contributed by atoms with Crippen LogP contribution < -0.4 is 5.32 Å². The number of halogens is 1. The maximum atomic E-state index is 12.5. The third kappa shape index (κ3) is 5.26. The van der Waals surface area contributed by atoms with E-state index in [2.05, 4.69) is 36.1 Å². The molecule has 0 bridgehead atoms. The molecule has 0 unspecified atom stereocenters. The topological polar surface area (TPSA) is 67.2 Å². The van der Waals surface area contributed by atoms with Crippen LogP contribution in [0.3, 0.4) is 0 Å². The highest BCUT2D eigenvalue weighted by atomic mass is 35.5. The summed E-state index contributed by atoms with van der Waals surface area (Å²) in [6, 6.07) is 0. The maximum absolute atomic E-state index is 12.5. The molecule has 0 aliphatic rings. The van der Waals surface area contributed by atoms with Crippen LogP contribution in [0.5, 0.6) is 0 Å². The molecule has 1 rings (SSSR count). The summed E-state index contributed by atoms with van der Waals surface area (Å²) in [5.41, 5.74) is 1.32. The highest BCUT2D eigenvalue weighted by Crippen LogP contribution is 2.28. The zero-order valence-electron chi connectivity index (χ0n) is 15.7. The predicted molar refractivity (Wildman–Crippen MR) is 99.9 cm³/mol. The second-order valence-electron chi connectivity index (χ2n) is 6.26. The maximum Gasteiger partial charge on any atom is 0.277 e. The predicted octanol–water partition coefficient (Wildman–Crippen LogP) is 4.64. The van der Waals surface area contributed by atoms with E-state index < -0.39 is 0 Å². The van der Waals surface area contributed by atoms with Crippen molar-refractivity contribution in [1.82, 2.24) is 15.3 Å². The van der Waals surface area contributed by atoms with E-state index in [0.717, 1.165) is 32.1 Å². The number of aromatic nitrogens is 2. The molecule has 0 saturated heterocycles. The normalized spacial score (nSPS) is 12.4. The Morgan fingerprint density at radius 1 is 1.12 bits per heavy atom. The van der Waals surface area contributed by atoms with E-state index >= 15 is 0 Å². The summed E-state index contributed by atoms with van der Waals surface area (Å²) in [4.78, 5) is 25.7. The Kier molecular flexibility index (Phi) is 7.80. The monoisotopic (exact) mass is 352 g/mol. The molecule has 0 spiro atoms. The van der Waals surface area contributed by atoms with Gasteiger partial charge in [-0.15, -0.1) is 0 Å². The van der Waals surface area contributed by atoms with Crippen LogP contribution in [0.25, 0.3) is 0 Å². The van der Waals surface area contributed by atoms with Gasteiger partial charge in [0, 0.05) is 0 Å². The molecular formula is C18H29ClN4O. The van der Waals surface area contributed by atoms with Crippen molar-refractivity contribution in [3.05, 3.63) is 22.2 Å². The second kappa shape index (κ2) is 9.11. The molecule has 5 nitrogen and oxygen atoms in total. The molecule has 0 saturated carbocycles. The van der Waals surface area contributed by atoms with Crippen molar-refractivity contribution < 1.29 is 4.79 Å². The largest absolute Gasteiger partial charge is 0.309 e. The van der Waals surface area contributed by atoms with Crippen LogP contribution >= 0.6 is 11.6 Å². The third-order valence-corrected chi connectivity index (χ3v) is 4.55. The van der Waals surface area contributed by atoms with Gasteiger partial charge in [-0.3, -0.25) is 14.8 Å². The Balaban J connectivity index is 3.01. The van der Waals surface area contributed by atoms with Crippen molar-refractivity contribution in [3.8, 4) is 0 Å². The molecule has 1 aromatic heterocycles. The van der Waals surface area contributed by atoms with Crippen LogP contribution in [0, 0.1) is 13.8 Å². The lowest BCUT2D eigenvalue weighted by Crippen LogP contribution is -2.35. The lowest BCUT2D eigenvalue weighted by atomic mass is 9.87. The first-order valence-electron chi connectivity index (χ1n) is 8.67. The van der Waals surface area contributed by atoms with E-state index in [1.165, 1.54) is 0 Å². The minimum Gasteiger partial charge on any atom is -0.309 e. The molecular weight excluding hydrogens is 324 g/mol. The minimum atomic E-state index is -0.318. The van der Waals surface area contributed by atoms with Gasteiger partial charge in [-0.1, -0.05) is 45.2 Å². The number of amides is 1. The molecule has 1 amide bonds. The zero-order chi connectivity index (χ0) is 18.3. The molecule has 0 radical (unpaired) electrons. The number of carbonyl (C=O) groups is 1. The third-order valence-electron chi connectivity index (χ3n) is 4.19. The Morgan fingerprint density at radius 3 is 2.21 bits per heavy atom. The molecule has 1 aromatic rings. The van der Waals surface area contributed by atoms with Crippen LogP contribution in [0.2, 0.25) is 5.15 Å². The van der Waals surface area contributed by atoms with Gasteiger partial charge in [0.15, 0.2) is 10.8 Å². The fourth-order valence-corrected chi connectivity index (χ4v) is 3.16. The lowest BCUT2D eigenvalue weighted by Gasteiger charge is -2.29.